The number of fused-ring (bicyclic) bond motifs is 1. The number of nitrogens with one attached hydrogen (secondary N) is 1. The van der Waals surface area contributed by atoms with Crippen LogP contribution in [0.25, 0.3) is 0 Å². The van der Waals surface area contributed by atoms with Crippen molar-refractivity contribution in [3.63, 3.8) is 0 Å². The van der Waals surface area contributed by atoms with Crippen molar-refractivity contribution in [1.82, 2.24) is 0 Å². The normalized spacial score (nSPS) is 42.6. The van der Waals surface area contributed by atoms with Gasteiger partial charge in [-0.15, -0.1) is 0 Å². The first-order chi connectivity index (χ1) is 4.83. The maximum absolute atomic E-state index is 11.0. The molecule has 1 N–H and O–H groups in total. The molecule has 0 radical (unpaired) electrons. The topological polar surface area (TPSA) is 40.9 Å². The number of carbonyl (C=O) groups is 1. The summed E-state index contributed by atoms with van der Waals surface area (Å²) < 4.78 is 0. The Bertz CT molecular complexity index is 188. The summed E-state index contributed by atoms with van der Waals surface area (Å²) >= 11 is 0. The summed E-state index contributed by atoms with van der Waals surface area (Å²) in [4.78, 5) is 11.0. The Kier molecular flexibility index (Phi) is 1.16. The highest BCUT2D eigenvalue weighted by atomic mass is 16.1. The van der Waals surface area contributed by atoms with Crippen molar-refractivity contribution < 1.29 is 4.79 Å². The minimum absolute atomic E-state index is 0.0602. The van der Waals surface area contributed by atoms with Gasteiger partial charge in [0.25, 0.3) is 0 Å². The van der Waals surface area contributed by atoms with Crippen molar-refractivity contribution in [2.45, 2.75) is 19.3 Å². The van der Waals surface area contributed by atoms with E-state index in [9.17, 15) is 4.79 Å². The highest BCUT2D eigenvalue weighted by Gasteiger charge is 2.50. The quantitative estimate of drug-likeness (QED) is 0.572. The maximum Gasteiger partial charge on any atom is 0.176 e. The van der Waals surface area contributed by atoms with E-state index in [1.807, 2.05) is 0 Å². The molecule has 0 aromatic heterocycles. The molecule has 2 rings (SSSR count). The van der Waals surface area contributed by atoms with Crippen LogP contribution in [-0.4, -0.2) is 12.0 Å². The standard InChI is InChI=1S/C8H11NO/c9-4-8(10)6-2-1-5-3-7(5)6/h4-7,9H,1-3H2. The van der Waals surface area contributed by atoms with Gasteiger partial charge in [0.15, 0.2) is 5.78 Å². The number of carbonyl (C=O) groups excluding carboxylic acids is 1. The molecule has 0 aliphatic heterocycles. The molecule has 54 valence electrons. The van der Waals surface area contributed by atoms with Crippen LogP contribution in [0.1, 0.15) is 19.3 Å². The lowest BCUT2D eigenvalue weighted by Gasteiger charge is -2.04. The Balaban J connectivity index is 2.05. The van der Waals surface area contributed by atoms with E-state index in [-0.39, 0.29) is 11.7 Å². The molecule has 10 heavy (non-hydrogen) atoms. The Morgan fingerprint density at radius 2 is 2.30 bits per heavy atom. The predicted molar refractivity (Wildman–Crippen MR) is 38.1 cm³/mol. The summed E-state index contributed by atoms with van der Waals surface area (Å²) in [6.45, 7) is 0. The molecule has 2 saturated carbocycles. The van der Waals surface area contributed by atoms with Gasteiger partial charge in [-0.2, -0.15) is 0 Å². The summed E-state index contributed by atoms with van der Waals surface area (Å²) in [7, 11) is 0. The van der Waals surface area contributed by atoms with Gasteiger partial charge in [-0.1, -0.05) is 0 Å². The second-order valence-corrected chi connectivity index (χ2v) is 3.39. The molecule has 3 atom stereocenters. The summed E-state index contributed by atoms with van der Waals surface area (Å²) in [6.07, 6.45) is 4.52. The van der Waals surface area contributed by atoms with Crippen molar-refractivity contribution in [2.24, 2.45) is 17.8 Å². The van der Waals surface area contributed by atoms with Gasteiger partial charge in [0.2, 0.25) is 0 Å². The van der Waals surface area contributed by atoms with Crippen LogP contribution in [0.5, 0.6) is 0 Å². The third-order valence-electron chi connectivity index (χ3n) is 2.85. The van der Waals surface area contributed by atoms with Gasteiger partial charge in [0, 0.05) is 5.92 Å². The van der Waals surface area contributed by atoms with Crippen molar-refractivity contribution in [1.29, 1.82) is 5.41 Å². The van der Waals surface area contributed by atoms with E-state index in [1.165, 1.54) is 12.8 Å². The van der Waals surface area contributed by atoms with Crippen LogP contribution in [0.2, 0.25) is 0 Å². The third-order valence-corrected chi connectivity index (χ3v) is 2.85. The Morgan fingerprint density at radius 3 is 2.70 bits per heavy atom. The molecule has 0 aromatic carbocycles. The molecule has 2 aliphatic carbocycles. The van der Waals surface area contributed by atoms with Gasteiger partial charge in [0.1, 0.15) is 0 Å². The van der Waals surface area contributed by atoms with Crippen LogP contribution in [0.3, 0.4) is 0 Å². The largest absolute Gasteiger partial charge is 0.305 e. The minimum Gasteiger partial charge on any atom is -0.305 e. The van der Waals surface area contributed by atoms with Gasteiger partial charge >= 0.3 is 0 Å². The number of hydrogen-bond donors (Lipinski definition) is 1. The molecule has 2 fully saturated rings. The molecule has 2 nitrogen and oxygen atoms in total. The second-order valence-electron chi connectivity index (χ2n) is 3.39. The SMILES string of the molecule is N=CC(=O)C1CCC2CC21. The van der Waals surface area contributed by atoms with Crippen LogP contribution in [-0.2, 0) is 4.79 Å². The minimum atomic E-state index is 0.0602. The molecular weight excluding hydrogens is 126 g/mol. The smallest absolute Gasteiger partial charge is 0.176 e. The fourth-order valence-electron chi connectivity index (χ4n) is 2.16. The van der Waals surface area contributed by atoms with Gasteiger partial charge in [0.05, 0.1) is 6.21 Å². The summed E-state index contributed by atoms with van der Waals surface area (Å²) in [5.74, 6) is 1.83. The first-order valence-corrected chi connectivity index (χ1v) is 3.87. The second kappa shape index (κ2) is 1.91. The fourth-order valence-corrected chi connectivity index (χ4v) is 2.16. The number of rotatable bonds is 2. The van der Waals surface area contributed by atoms with E-state index in [4.69, 9.17) is 5.41 Å². The fraction of sp³-hybridized carbons (Fsp3) is 0.750. The summed E-state index contributed by atoms with van der Waals surface area (Å²) in [6, 6.07) is 0. The first kappa shape index (κ1) is 6.08. The molecule has 0 aromatic rings. The van der Waals surface area contributed by atoms with Gasteiger partial charge in [-0.3, -0.25) is 4.79 Å². The molecule has 2 heteroatoms. The summed E-state index contributed by atoms with van der Waals surface area (Å²) in [5.41, 5.74) is 0. The van der Waals surface area contributed by atoms with E-state index < -0.39 is 0 Å². The molecule has 0 amide bonds. The lowest BCUT2D eigenvalue weighted by Crippen LogP contribution is -2.14. The van der Waals surface area contributed by atoms with E-state index in [2.05, 4.69) is 0 Å². The number of hydrogen-bond acceptors (Lipinski definition) is 2. The lowest BCUT2D eigenvalue weighted by molar-refractivity contribution is -0.116. The van der Waals surface area contributed by atoms with E-state index in [0.29, 0.717) is 5.92 Å². The van der Waals surface area contributed by atoms with E-state index in [1.54, 1.807) is 0 Å². The zero-order valence-corrected chi connectivity index (χ0v) is 5.84. The average Bonchev–Trinajstić information content (AvgIpc) is 2.62. The van der Waals surface area contributed by atoms with Crippen molar-refractivity contribution in [2.75, 3.05) is 0 Å². The number of Topliss-reactive ketones (excluding diaryl/α,β-unsaturated/α-hetero) is 1. The molecule has 2 aliphatic rings. The zero-order chi connectivity index (χ0) is 7.14. The van der Waals surface area contributed by atoms with E-state index in [0.717, 1.165) is 18.6 Å². The van der Waals surface area contributed by atoms with Crippen LogP contribution < -0.4 is 0 Å². The zero-order valence-electron chi connectivity index (χ0n) is 5.84. The van der Waals surface area contributed by atoms with Gasteiger partial charge < -0.3 is 5.41 Å². The Labute approximate surface area is 60.1 Å². The van der Waals surface area contributed by atoms with Gasteiger partial charge in [-0.25, -0.2) is 0 Å². The summed E-state index contributed by atoms with van der Waals surface area (Å²) in [5, 5.41) is 6.81. The van der Waals surface area contributed by atoms with Crippen LogP contribution >= 0.6 is 0 Å². The van der Waals surface area contributed by atoms with Crippen molar-refractivity contribution >= 4 is 12.0 Å². The van der Waals surface area contributed by atoms with Crippen LogP contribution in [0.4, 0.5) is 0 Å². The molecular formula is C8H11NO. The first-order valence-electron chi connectivity index (χ1n) is 3.87. The molecule has 0 spiro atoms. The highest BCUT2D eigenvalue weighted by molar-refractivity contribution is 6.27. The average molecular weight is 137 g/mol. The van der Waals surface area contributed by atoms with E-state index >= 15 is 0 Å². The van der Waals surface area contributed by atoms with Crippen LogP contribution in [0.15, 0.2) is 0 Å². The predicted octanol–water partition coefficient (Wildman–Crippen LogP) is 1.25. The molecule has 0 heterocycles. The van der Waals surface area contributed by atoms with Gasteiger partial charge in [-0.05, 0) is 31.1 Å². The number of ketones is 1. The monoisotopic (exact) mass is 137 g/mol. The Morgan fingerprint density at radius 1 is 1.50 bits per heavy atom. The molecule has 0 saturated heterocycles. The third kappa shape index (κ3) is 0.713. The molecule has 0 bridgehead atoms. The van der Waals surface area contributed by atoms with Crippen molar-refractivity contribution in [3.8, 4) is 0 Å². The molecule has 3 unspecified atom stereocenters. The highest BCUT2D eigenvalue weighted by Crippen LogP contribution is 2.55. The van der Waals surface area contributed by atoms with Crippen molar-refractivity contribution in [3.05, 3.63) is 0 Å². The Hall–Kier alpha value is -0.660. The maximum atomic E-state index is 11.0. The lowest BCUT2D eigenvalue weighted by atomic mass is 9.99. The van der Waals surface area contributed by atoms with Crippen LogP contribution in [0, 0.1) is 23.2 Å².